The molecule has 0 saturated carbocycles. The van der Waals surface area contributed by atoms with E-state index in [0.29, 0.717) is 16.7 Å². The fourth-order valence-electron chi connectivity index (χ4n) is 1.41. The number of rotatable bonds is 2. The first-order valence-electron chi connectivity index (χ1n) is 5.01. The molecule has 2 rings (SSSR count). The summed E-state index contributed by atoms with van der Waals surface area (Å²) in [5, 5.41) is 3.55. The third kappa shape index (κ3) is 2.90. The minimum atomic E-state index is 0.413. The Labute approximate surface area is 113 Å². The normalized spacial score (nSPS) is 10.3. The van der Waals surface area contributed by atoms with Crippen molar-refractivity contribution in [2.45, 2.75) is 6.92 Å². The zero-order chi connectivity index (χ0) is 12.4. The summed E-state index contributed by atoms with van der Waals surface area (Å²) in [5.74, 6) is 0.569. The van der Waals surface area contributed by atoms with Crippen molar-refractivity contribution < 1.29 is 0 Å². The van der Waals surface area contributed by atoms with Gasteiger partial charge in [0, 0.05) is 10.2 Å². The Hall–Kier alpha value is -1.26. The minimum absolute atomic E-state index is 0.413. The van der Waals surface area contributed by atoms with E-state index in [4.69, 9.17) is 17.3 Å². The van der Waals surface area contributed by atoms with Gasteiger partial charge in [0.25, 0.3) is 0 Å². The van der Waals surface area contributed by atoms with Crippen molar-refractivity contribution >= 4 is 44.7 Å². The minimum Gasteiger partial charge on any atom is -0.396 e. The number of hydrogen-bond donors (Lipinski definition) is 2. The number of aryl methyl sites for hydroxylation is 1. The fraction of sp³-hybridized carbons (Fsp3) is 0.0833. The average molecular weight is 313 g/mol. The van der Waals surface area contributed by atoms with E-state index in [1.807, 2.05) is 25.1 Å². The van der Waals surface area contributed by atoms with Crippen molar-refractivity contribution in [1.29, 1.82) is 0 Å². The van der Waals surface area contributed by atoms with Gasteiger partial charge in [0.15, 0.2) is 5.82 Å². The molecule has 17 heavy (non-hydrogen) atoms. The number of aromatic nitrogens is 1. The van der Waals surface area contributed by atoms with Gasteiger partial charge in [-0.15, -0.1) is 0 Å². The number of anilines is 3. The highest BCUT2D eigenvalue weighted by Crippen LogP contribution is 2.25. The van der Waals surface area contributed by atoms with Crippen LogP contribution in [0.1, 0.15) is 5.56 Å². The molecule has 0 spiro atoms. The third-order valence-corrected chi connectivity index (χ3v) is 3.41. The van der Waals surface area contributed by atoms with Gasteiger partial charge in [-0.1, -0.05) is 27.5 Å². The molecule has 0 fully saturated rings. The van der Waals surface area contributed by atoms with Gasteiger partial charge in [0.1, 0.15) is 5.15 Å². The molecule has 5 heteroatoms. The van der Waals surface area contributed by atoms with Crippen LogP contribution >= 0.6 is 27.5 Å². The molecular weight excluding hydrogens is 302 g/mol. The van der Waals surface area contributed by atoms with Crippen LogP contribution in [0.5, 0.6) is 0 Å². The molecule has 3 nitrogen and oxygen atoms in total. The van der Waals surface area contributed by atoms with E-state index in [-0.39, 0.29) is 0 Å². The number of nitrogens with one attached hydrogen (secondary N) is 1. The van der Waals surface area contributed by atoms with Crippen LogP contribution in [0, 0.1) is 6.92 Å². The van der Waals surface area contributed by atoms with Crippen LogP contribution < -0.4 is 11.1 Å². The monoisotopic (exact) mass is 311 g/mol. The maximum Gasteiger partial charge on any atom is 0.155 e. The average Bonchev–Trinajstić information content (AvgIpc) is 2.29. The van der Waals surface area contributed by atoms with Crippen LogP contribution in [0.2, 0.25) is 5.15 Å². The van der Waals surface area contributed by atoms with Gasteiger partial charge >= 0.3 is 0 Å². The lowest BCUT2D eigenvalue weighted by molar-refractivity contribution is 1.30. The number of hydrogen-bond acceptors (Lipinski definition) is 3. The highest BCUT2D eigenvalue weighted by atomic mass is 79.9. The lowest BCUT2D eigenvalue weighted by Crippen LogP contribution is -1.99. The maximum atomic E-state index is 5.83. The van der Waals surface area contributed by atoms with Crippen LogP contribution in [-0.4, -0.2) is 4.98 Å². The third-order valence-electron chi connectivity index (χ3n) is 2.31. The number of nitrogens with two attached hydrogens (primary N) is 1. The summed E-state index contributed by atoms with van der Waals surface area (Å²) in [6, 6.07) is 9.31. The van der Waals surface area contributed by atoms with E-state index >= 15 is 0 Å². The SMILES string of the molecule is Cc1cc(Nc2nc(Cl)ccc2N)ccc1Br. The number of pyridine rings is 1. The molecule has 0 radical (unpaired) electrons. The van der Waals surface area contributed by atoms with Gasteiger partial charge in [0.05, 0.1) is 5.69 Å². The van der Waals surface area contributed by atoms with Crippen molar-refractivity contribution in [3.05, 3.63) is 45.5 Å². The second-order valence-electron chi connectivity index (χ2n) is 3.66. The predicted octanol–water partition coefficient (Wildman–Crippen LogP) is 4.13. The van der Waals surface area contributed by atoms with E-state index in [1.165, 1.54) is 0 Å². The summed E-state index contributed by atoms with van der Waals surface area (Å²) in [5.41, 5.74) is 8.44. The summed E-state index contributed by atoms with van der Waals surface area (Å²) in [6.07, 6.45) is 0. The molecule has 0 aliphatic carbocycles. The molecule has 88 valence electrons. The number of benzene rings is 1. The van der Waals surface area contributed by atoms with E-state index < -0.39 is 0 Å². The maximum absolute atomic E-state index is 5.83. The molecule has 0 aliphatic rings. The molecule has 1 aromatic heterocycles. The lowest BCUT2D eigenvalue weighted by Gasteiger charge is -2.09. The topological polar surface area (TPSA) is 50.9 Å². The van der Waals surface area contributed by atoms with Gasteiger partial charge in [0.2, 0.25) is 0 Å². The van der Waals surface area contributed by atoms with Crippen LogP contribution in [-0.2, 0) is 0 Å². The van der Waals surface area contributed by atoms with Crippen molar-refractivity contribution in [2.24, 2.45) is 0 Å². The van der Waals surface area contributed by atoms with Crippen molar-refractivity contribution in [2.75, 3.05) is 11.1 Å². The molecule has 1 heterocycles. The molecule has 0 amide bonds. The fourth-order valence-corrected chi connectivity index (χ4v) is 1.80. The summed E-state index contributed by atoms with van der Waals surface area (Å²) >= 11 is 9.28. The molecule has 0 aliphatic heterocycles. The standard InChI is InChI=1S/C12H11BrClN3/c1-7-6-8(2-3-9(7)13)16-12-10(15)4-5-11(14)17-12/h2-6H,15H2,1H3,(H,16,17). The van der Waals surface area contributed by atoms with Crippen molar-refractivity contribution in [3.63, 3.8) is 0 Å². The molecule has 0 bridgehead atoms. The highest BCUT2D eigenvalue weighted by molar-refractivity contribution is 9.10. The van der Waals surface area contributed by atoms with Crippen LogP contribution in [0.15, 0.2) is 34.8 Å². The second-order valence-corrected chi connectivity index (χ2v) is 4.90. The van der Waals surface area contributed by atoms with E-state index in [9.17, 15) is 0 Å². The Morgan fingerprint density at radius 1 is 1.29 bits per heavy atom. The lowest BCUT2D eigenvalue weighted by atomic mass is 10.2. The number of nitrogen functional groups attached to an aromatic ring is 1. The second kappa shape index (κ2) is 4.94. The predicted molar refractivity (Wildman–Crippen MR) is 75.8 cm³/mol. The van der Waals surface area contributed by atoms with Crippen molar-refractivity contribution in [3.8, 4) is 0 Å². The molecule has 1 aromatic carbocycles. The van der Waals surface area contributed by atoms with E-state index in [0.717, 1.165) is 15.7 Å². The molecular formula is C12H11BrClN3. The molecule has 2 aromatic rings. The van der Waals surface area contributed by atoms with E-state index in [2.05, 4.69) is 26.2 Å². The molecule has 0 unspecified atom stereocenters. The molecule has 3 N–H and O–H groups in total. The highest BCUT2D eigenvalue weighted by Gasteiger charge is 2.03. The first-order valence-corrected chi connectivity index (χ1v) is 6.18. The molecule has 0 saturated heterocycles. The Balaban J connectivity index is 2.31. The Bertz CT molecular complexity index is 557. The van der Waals surface area contributed by atoms with Gasteiger partial charge in [-0.25, -0.2) is 4.98 Å². The smallest absolute Gasteiger partial charge is 0.155 e. The quantitative estimate of drug-likeness (QED) is 0.820. The summed E-state index contributed by atoms with van der Waals surface area (Å²) in [4.78, 5) is 4.14. The Morgan fingerprint density at radius 2 is 2.06 bits per heavy atom. The zero-order valence-corrected chi connectivity index (χ0v) is 11.5. The van der Waals surface area contributed by atoms with Crippen LogP contribution in [0.4, 0.5) is 17.2 Å². The number of halogens is 2. The zero-order valence-electron chi connectivity index (χ0n) is 9.17. The Morgan fingerprint density at radius 3 is 2.76 bits per heavy atom. The number of nitrogens with zero attached hydrogens (tertiary/aromatic N) is 1. The van der Waals surface area contributed by atoms with Gasteiger partial charge in [-0.3, -0.25) is 0 Å². The first kappa shape index (κ1) is 12.2. The van der Waals surface area contributed by atoms with Gasteiger partial charge in [-0.2, -0.15) is 0 Å². The summed E-state index contributed by atoms with van der Waals surface area (Å²) < 4.78 is 1.06. The Kier molecular flexibility index (Phi) is 3.54. The van der Waals surface area contributed by atoms with Crippen LogP contribution in [0.25, 0.3) is 0 Å². The van der Waals surface area contributed by atoms with E-state index in [1.54, 1.807) is 12.1 Å². The van der Waals surface area contributed by atoms with Gasteiger partial charge < -0.3 is 11.1 Å². The molecule has 0 atom stereocenters. The van der Waals surface area contributed by atoms with Crippen LogP contribution in [0.3, 0.4) is 0 Å². The summed E-state index contributed by atoms with van der Waals surface area (Å²) in [7, 11) is 0. The first-order chi connectivity index (χ1) is 8.06. The summed E-state index contributed by atoms with van der Waals surface area (Å²) in [6.45, 7) is 2.02. The van der Waals surface area contributed by atoms with Crippen molar-refractivity contribution in [1.82, 2.24) is 4.98 Å². The van der Waals surface area contributed by atoms with Gasteiger partial charge in [-0.05, 0) is 42.8 Å². The largest absolute Gasteiger partial charge is 0.396 e.